The van der Waals surface area contributed by atoms with Crippen LogP contribution in [0.25, 0.3) is 11.3 Å². The number of aromatic nitrogens is 2. The van der Waals surface area contributed by atoms with E-state index in [1.807, 2.05) is 24.3 Å². The number of carbonyl (C=O) groups is 1. The summed E-state index contributed by atoms with van der Waals surface area (Å²) in [4.78, 5) is 22.2. The molecule has 2 aromatic carbocycles. The zero-order valence-electron chi connectivity index (χ0n) is 13.2. The molecule has 8 nitrogen and oxygen atoms in total. The Morgan fingerprint density at radius 2 is 1.88 bits per heavy atom. The first-order chi connectivity index (χ1) is 12.5. The Bertz CT molecular complexity index is 965. The Labute approximate surface area is 156 Å². The van der Waals surface area contributed by atoms with E-state index in [9.17, 15) is 14.9 Å². The molecule has 130 valence electrons. The van der Waals surface area contributed by atoms with Crippen molar-refractivity contribution in [1.29, 1.82) is 0 Å². The smallest absolute Gasteiger partial charge is 0.272 e. The van der Waals surface area contributed by atoms with E-state index >= 15 is 0 Å². The van der Waals surface area contributed by atoms with Gasteiger partial charge in [0.05, 0.1) is 16.8 Å². The highest BCUT2D eigenvalue weighted by Crippen LogP contribution is 2.20. The van der Waals surface area contributed by atoms with Crippen LogP contribution in [0, 0.1) is 10.1 Å². The molecule has 1 heterocycles. The average molecular weight is 414 g/mol. The van der Waals surface area contributed by atoms with Crippen LogP contribution in [-0.4, -0.2) is 27.2 Å². The Hall–Kier alpha value is -3.33. The first kappa shape index (κ1) is 17.5. The molecule has 0 saturated carbocycles. The monoisotopic (exact) mass is 413 g/mol. The van der Waals surface area contributed by atoms with E-state index in [2.05, 4.69) is 36.7 Å². The van der Waals surface area contributed by atoms with Crippen molar-refractivity contribution in [2.24, 2.45) is 5.10 Å². The summed E-state index contributed by atoms with van der Waals surface area (Å²) in [5.41, 5.74) is 4.77. The van der Waals surface area contributed by atoms with Gasteiger partial charge in [-0.15, -0.1) is 0 Å². The van der Waals surface area contributed by atoms with Crippen molar-refractivity contribution in [3.63, 3.8) is 0 Å². The Morgan fingerprint density at radius 3 is 2.54 bits per heavy atom. The van der Waals surface area contributed by atoms with Crippen molar-refractivity contribution < 1.29 is 9.72 Å². The predicted octanol–water partition coefficient (Wildman–Crippen LogP) is 3.51. The zero-order chi connectivity index (χ0) is 18.5. The van der Waals surface area contributed by atoms with E-state index < -0.39 is 10.8 Å². The third-order valence-electron chi connectivity index (χ3n) is 3.45. The predicted molar refractivity (Wildman–Crippen MR) is 99.9 cm³/mol. The first-order valence-corrected chi connectivity index (χ1v) is 8.21. The molecule has 0 aliphatic carbocycles. The zero-order valence-corrected chi connectivity index (χ0v) is 14.8. The lowest BCUT2D eigenvalue weighted by Crippen LogP contribution is -2.17. The summed E-state index contributed by atoms with van der Waals surface area (Å²) in [7, 11) is 0. The van der Waals surface area contributed by atoms with Crippen LogP contribution in [0.15, 0.2) is 64.2 Å². The fourth-order valence-corrected chi connectivity index (χ4v) is 2.38. The Balaban J connectivity index is 1.63. The number of aromatic amines is 1. The number of benzene rings is 2. The van der Waals surface area contributed by atoms with Gasteiger partial charge in [-0.05, 0) is 35.9 Å². The molecule has 0 spiro atoms. The van der Waals surface area contributed by atoms with Crippen LogP contribution >= 0.6 is 15.9 Å². The molecule has 0 fully saturated rings. The van der Waals surface area contributed by atoms with E-state index in [4.69, 9.17) is 0 Å². The number of carbonyl (C=O) groups excluding carboxylic acids is 1. The molecule has 9 heteroatoms. The summed E-state index contributed by atoms with van der Waals surface area (Å²) < 4.78 is 0.954. The summed E-state index contributed by atoms with van der Waals surface area (Å²) in [6, 6.07) is 15.0. The van der Waals surface area contributed by atoms with Gasteiger partial charge in [-0.2, -0.15) is 10.2 Å². The van der Waals surface area contributed by atoms with E-state index in [0.29, 0.717) is 11.3 Å². The lowest BCUT2D eigenvalue weighted by molar-refractivity contribution is -0.384. The van der Waals surface area contributed by atoms with Gasteiger partial charge in [0.1, 0.15) is 5.69 Å². The first-order valence-electron chi connectivity index (χ1n) is 7.42. The molecule has 0 aliphatic heterocycles. The van der Waals surface area contributed by atoms with Crippen LogP contribution in [0.5, 0.6) is 0 Å². The average Bonchev–Trinajstić information content (AvgIpc) is 3.13. The summed E-state index contributed by atoms with van der Waals surface area (Å²) in [5, 5.41) is 21.2. The highest BCUT2D eigenvalue weighted by atomic mass is 79.9. The van der Waals surface area contributed by atoms with Crippen LogP contribution in [0.1, 0.15) is 16.1 Å². The van der Waals surface area contributed by atoms with Gasteiger partial charge in [0.25, 0.3) is 11.6 Å². The molecule has 0 bridgehead atoms. The number of hydrazone groups is 1. The number of H-pyrrole nitrogens is 1. The molecule has 0 radical (unpaired) electrons. The second-order valence-electron chi connectivity index (χ2n) is 5.22. The van der Waals surface area contributed by atoms with Gasteiger partial charge < -0.3 is 0 Å². The van der Waals surface area contributed by atoms with Crippen molar-refractivity contribution >= 4 is 33.7 Å². The van der Waals surface area contributed by atoms with Gasteiger partial charge in [0.2, 0.25) is 0 Å². The molecule has 2 N–H and O–H groups in total. The molecular weight excluding hydrogens is 402 g/mol. The molecule has 3 rings (SSSR count). The van der Waals surface area contributed by atoms with Gasteiger partial charge in [-0.3, -0.25) is 20.0 Å². The fourth-order valence-electron chi connectivity index (χ4n) is 2.11. The van der Waals surface area contributed by atoms with Gasteiger partial charge in [-0.1, -0.05) is 28.1 Å². The molecule has 3 aromatic rings. The van der Waals surface area contributed by atoms with Gasteiger partial charge in [0.15, 0.2) is 0 Å². The number of nitrogens with zero attached hydrogens (tertiary/aromatic N) is 3. The molecule has 0 aliphatic rings. The van der Waals surface area contributed by atoms with E-state index in [1.165, 1.54) is 30.5 Å². The third-order valence-corrected chi connectivity index (χ3v) is 3.97. The molecule has 26 heavy (non-hydrogen) atoms. The largest absolute Gasteiger partial charge is 0.289 e. The quantitative estimate of drug-likeness (QED) is 0.378. The van der Waals surface area contributed by atoms with Gasteiger partial charge in [0, 0.05) is 22.2 Å². The second-order valence-corrected chi connectivity index (χ2v) is 6.14. The van der Waals surface area contributed by atoms with Crippen molar-refractivity contribution in [2.75, 3.05) is 0 Å². The van der Waals surface area contributed by atoms with E-state index in [0.717, 1.165) is 10.0 Å². The minimum atomic E-state index is -0.482. The highest BCUT2D eigenvalue weighted by molar-refractivity contribution is 9.10. The Kier molecular flexibility index (Phi) is 5.18. The molecule has 0 saturated heterocycles. The molecule has 0 unspecified atom stereocenters. The topological polar surface area (TPSA) is 113 Å². The van der Waals surface area contributed by atoms with Crippen LogP contribution in [0.2, 0.25) is 0 Å². The molecule has 1 amide bonds. The summed E-state index contributed by atoms with van der Waals surface area (Å²) in [6.07, 6.45) is 1.40. The standard InChI is InChI=1S/C17H12BrN5O3/c18-13-5-3-12(4-6-13)15-9-16(21-20-15)17(24)22-19-10-11-1-7-14(8-2-11)23(25)26/h1-10H,(H,20,21)(H,22,24)/b19-10+. The van der Waals surface area contributed by atoms with Crippen molar-refractivity contribution in [2.45, 2.75) is 0 Å². The number of hydrogen-bond acceptors (Lipinski definition) is 5. The number of rotatable bonds is 5. The van der Waals surface area contributed by atoms with Crippen LogP contribution in [0.4, 0.5) is 5.69 Å². The number of amides is 1. The van der Waals surface area contributed by atoms with Crippen molar-refractivity contribution in [1.82, 2.24) is 15.6 Å². The molecule has 1 aromatic heterocycles. The number of nitro benzene ring substituents is 1. The van der Waals surface area contributed by atoms with Crippen LogP contribution in [-0.2, 0) is 0 Å². The maximum absolute atomic E-state index is 12.1. The Morgan fingerprint density at radius 1 is 1.19 bits per heavy atom. The third kappa shape index (κ3) is 4.19. The minimum Gasteiger partial charge on any atom is -0.272 e. The van der Waals surface area contributed by atoms with Crippen molar-refractivity contribution in [3.05, 3.63) is 80.4 Å². The van der Waals surface area contributed by atoms with Crippen LogP contribution in [0.3, 0.4) is 0 Å². The number of nitro groups is 1. The normalized spacial score (nSPS) is 10.8. The second kappa shape index (κ2) is 7.70. The lowest BCUT2D eigenvalue weighted by atomic mass is 10.1. The summed E-state index contributed by atoms with van der Waals surface area (Å²) in [6.45, 7) is 0. The molecular formula is C17H12BrN5O3. The number of hydrogen-bond donors (Lipinski definition) is 2. The number of non-ortho nitro benzene ring substituents is 1. The van der Waals surface area contributed by atoms with Crippen molar-refractivity contribution in [3.8, 4) is 11.3 Å². The minimum absolute atomic E-state index is 0.0101. The summed E-state index contributed by atoms with van der Waals surface area (Å²) >= 11 is 3.36. The fraction of sp³-hybridized carbons (Fsp3) is 0. The van der Waals surface area contributed by atoms with Gasteiger partial charge in [-0.25, -0.2) is 5.43 Å². The maximum atomic E-state index is 12.1. The molecule has 0 atom stereocenters. The highest BCUT2D eigenvalue weighted by Gasteiger charge is 2.10. The number of nitrogens with one attached hydrogen (secondary N) is 2. The SMILES string of the molecule is O=C(N/N=C/c1ccc([N+](=O)[O-])cc1)c1cc(-c2ccc(Br)cc2)n[nH]1. The number of halogens is 1. The van der Waals surface area contributed by atoms with Gasteiger partial charge >= 0.3 is 0 Å². The lowest BCUT2D eigenvalue weighted by Gasteiger charge is -1.96. The van der Waals surface area contributed by atoms with Crippen LogP contribution < -0.4 is 5.43 Å². The van der Waals surface area contributed by atoms with E-state index in [1.54, 1.807) is 6.07 Å². The van der Waals surface area contributed by atoms with E-state index in [-0.39, 0.29) is 11.4 Å². The summed E-state index contributed by atoms with van der Waals surface area (Å²) in [5.74, 6) is -0.445. The maximum Gasteiger partial charge on any atom is 0.289 e.